The smallest absolute Gasteiger partial charge is 0.161 e. The summed E-state index contributed by atoms with van der Waals surface area (Å²) in [5.41, 5.74) is 2.33. The highest BCUT2D eigenvalue weighted by Gasteiger charge is 2.11. The van der Waals surface area contributed by atoms with Gasteiger partial charge in [0.1, 0.15) is 19.0 Å². The highest BCUT2D eigenvalue weighted by atomic mass is 16.6. The van der Waals surface area contributed by atoms with E-state index in [0.717, 1.165) is 48.3 Å². The number of nitrogens with zero attached hydrogens (tertiary/aromatic N) is 1. The third-order valence-corrected chi connectivity index (χ3v) is 4.98. The Hall–Kier alpha value is -2.97. The molecule has 0 saturated carbocycles. The standard InChI is InChI=1S/C25H29NO4/c26-19-22(17-20-7-12-24-25(18-20)30-16-15-29-24)21-8-10-23(11-9-21)28-14-6-4-2-1-3-5-13-27/h7-12,17-18,27H,1-6,13-16H2. The number of aliphatic hydroxyl groups is 1. The van der Waals surface area contributed by atoms with Crippen LogP contribution in [-0.2, 0) is 0 Å². The van der Waals surface area contributed by atoms with Gasteiger partial charge in [-0.2, -0.15) is 5.26 Å². The molecule has 0 atom stereocenters. The molecule has 2 aromatic rings. The SMILES string of the molecule is N#CC(=Cc1ccc2c(c1)OCCO2)c1ccc(OCCCCCCCCO)cc1. The highest BCUT2D eigenvalue weighted by molar-refractivity contribution is 5.90. The number of nitriles is 1. The second-order valence-corrected chi connectivity index (χ2v) is 7.29. The van der Waals surface area contributed by atoms with Crippen molar-refractivity contribution in [3.8, 4) is 23.3 Å². The van der Waals surface area contributed by atoms with Crippen LogP contribution in [0, 0.1) is 11.3 Å². The lowest BCUT2D eigenvalue weighted by Crippen LogP contribution is -2.15. The second-order valence-electron chi connectivity index (χ2n) is 7.29. The Morgan fingerprint density at radius 3 is 2.37 bits per heavy atom. The van der Waals surface area contributed by atoms with Crippen molar-refractivity contribution in [3.05, 3.63) is 53.6 Å². The van der Waals surface area contributed by atoms with E-state index in [1.807, 2.05) is 48.5 Å². The molecule has 0 aliphatic carbocycles. The quantitative estimate of drug-likeness (QED) is 0.314. The van der Waals surface area contributed by atoms with Gasteiger partial charge in [0.15, 0.2) is 11.5 Å². The maximum atomic E-state index is 9.61. The molecule has 0 bridgehead atoms. The average Bonchev–Trinajstić information content (AvgIpc) is 2.79. The zero-order valence-corrected chi connectivity index (χ0v) is 17.3. The van der Waals surface area contributed by atoms with E-state index in [4.69, 9.17) is 19.3 Å². The number of ether oxygens (including phenoxy) is 3. The maximum absolute atomic E-state index is 9.61. The molecule has 0 unspecified atom stereocenters. The molecule has 5 nitrogen and oxygen atoms in total. The van der Waals surface area contributed by atoms with Crippen LogP contribution in [0.3, 0.4) is 0 Å². The Morgan fingerprint density at radius 1 is 0.933 bits per heavy atom. The van der Waals surface area contributed by atoms with Gasteiger partial charge in [0.25, 0.3) is 0 Å². The van der Waals surface area contributed by atoms with Gasteiger partial charge >= 0.3 is 0 Å². The number of rotatable bonds is 11. The van der Waals surface area contributed by atoms with E-state index < -0.39 is 0 Å². The number of fused-ring (bicyclic) bond motifs is 1. The Morgan fingerprint density at radius 2 is 1.63 bits per heavy atom. The molecular formula is C25H29NO4. The summed E-state index contributed by atoms with van der Waals surface area (Å²) in [7, 11) is 0. The molecule has 0 amide bonds. The number of hydrogen-bond acceptors (Lipinski definition) is 5. The van der Waals surface area contributed by atoms with Gasteiger partial charge in [-0.05, 0) is 66.4 Å². The van der Waals surface area contributed by atoms with Crippen LogP contribution >= 0.6 is 0 Å². The van der Waals surface area contributed by atoms with Gasteiger partial charge in [0.05, 0.1) is 18.2 Å². The highest BCUT2D eigenvalue weighted by Crippen LogP contribution is 2.32. The maximum Gasteiger partial charge on any atom is 0.161 e. The van der Waals surface area contributed by atoms with Crippen molar-refractivity contribution in [1.29, 1.82) is 5.26 Å². The van der Waals surface area contributed by atoms with Gasteiger partial charge in [-0.15, -0.1) is 0 Å². The molecule has 158 valence electrons. The van der Waals surface area contributed by atoms with E-state index in [1.54, 1.807) is 0 Å². The molecule has 0 aromatic heterocycles. The molecule has 3 rings (SSSR count). The van der Waals surface area contributed by atoms with E-state index in [0.29, 0.717) is 37.8 Å². The molecule has 2 aromatic carbocycles. The van der Waals surface area contributed by atoms with Crippen LogP contribution in [0.4, 0.5) is 0 Å². The first-order valence-corrected chi connectivity index (χ1v) is 10.7. The van der Waals surface area contributed by atoms with Gasteiger partial charge in [0.2, 0.25) is 0 Å². The number of hydrogen-bond donors (Lipinski definition) is 1. The third kappa shape index (κ3) is 6.53. The average molecular weight is 408 g/mol. The minimum Gasteiger partial charge on any atom is -0.494 e. The summed E-state index contributed by atoms with van der Waals surface area (Å²) in [4.78, 5) is 0. The van der Waals surface area contributed by atoms with Gasteiger partial charge in [-0.1, -0.05) is 31.7 Å². The lowest BCUT2D eigenvalue weighted by Gasteiger charge is -2.18. The van der Waals surface area contributed by atoms with Crippen LogP contribution in [-0.4, -0.2) is 31.5 Å². The van der Waals surface area contributed by atoms with Crippen molar-refractivity contribution in [2.24, 2.45) is 0 Å². The zero-order valence-electron chi connectivity index (χ0n) is 17.3. The summed E-state index contributed by atoms with van der Waals surface area (Å²) in [6, 6.07) is 15.6. The van der Waals surface area contributed by atoms with Crippen LogP contribution in [0.15, 0.2) is 42.5 Å². The van der Waals surface area contributed by atoms with Crippen molar-refractivity contribution < 1.29 is 19.3 Å². The lowest BCUT2D eigenvalue weighted by atomic mass is 10.0. The summed E-state index contributed by atoms with van der Waals surface area (Å²) in [5, 5.41) is 18.4. The molecule has 30 heavy (non-hydrogen) atoms. The molecule has 1 aliphatic rings. The monoisotopic (exact) mass is 407 g/mol. The fourth-order valence-corrected chi connectivity index (χ4v) is 3.34. The van der Waals surface area contributed by atoms with Crippen molar-refractivity contribution in [1.82, 2.24) is 0 Å². The minimum atomic E-state index is 0.290. The summed E-state index contributed by atoms with van der Waals surface area (Å²) in [5.74, 6) is 2.27. The molecule has 1 heterocycles. The third-order valence-electron chi connectivity index (χ3n) is 4.98. The Labute approximate surface area is 178 Å². The van der Waals surface area contributed by atoms with Gasteiger partial charge < -0.3 is 19.3 Å². The summed E-state index contributed by atoms with van der Waals surface area (Å²) in [6.07, 6.45) is 8.36. The molecule has 1 N–H and O–H groups in total. The molecule has 1 aliphatic heterocycles. The zero-order chi connectivity index (χ0) is 21.0. The van der Waals surface area contributed by atoms with E-state index in [1.165, 1.54) is 12.8 Å². The van der Waals surface area contributed by atoms with Crippen LogP contribution in [0.25, 0.3) is 11.6 Å². The summed E-state index contributed by atoms with van der Waals surface area (Å²) in [6.45, 7) is 2.08. The summed E-state index contributed by atoms with van der Waals surface area (Å²) >= 11 is 0. The number of unbranched alkanes of at least 4 members (excludes halogenated alkanes) is 5. The van der Waals surface area contributed by atoms with Crippen molar-refractivity contribution >= 4 is 11.6 Å². The Balaban J connectivity index is 1.51. The van der Waals surface area contributed by atoms with Crippen molar-refractivity contribution in [3.63, 3.8) is 0 Å². The number of benzene rings is 2. The largest absolute Gasteiger partial charge is 0.494 e. The first-order valence-electron chi connectivity index (χ1n) is 10.7. The minimum absolute atomic E-state index is 0.290. The van der Waals surface area contributed by atoms with E-state index in [-0.39, 0.29) is 0 Å². The van der Waals surface area contributed by atoms with Crippen LogP contribution in [0.2, 0.25) is 0 Å². The first-order chi connectivity index (χ1) is 14.8. The fraction of sp³-hybridized carbons (Fsp3) is 0.400. The van der Waals surface area contributed by atoms with Crippen molar-refractivity contribution in [2.75, 3.05) is 26.4 Å². The molecule has 0 fully saturated rings. The predicted molar refractivity (Wildman–Crippen MR) is 118 cm³/mol. The van der Waals surface area contributed by atoms with Gasteiger partial charge in [0, 0.05) is 6.61 Å². The van der Waals surface area contributed by atoms with Crippen molar-refractivity contribution in [2.45, 2.75) is 38.5 Å². The van der Waals surface area contributed by atoms with Crippen LogP contribution < -0.4 is 14.2 Å². The topological polar surface area (TPSA) is 71.7 Å². The second kappa shape index (κ2) is 11.9. The van der Waals surface area contributed by atoms with Crippen LogP contribution in [0.5, 0.6) is 17.2 Å². The van der Waals surface area contributed by atoms with E-state index >= 15 is 0 Å². The Bertz CT molecular complexity index is 868. The Kier molecular flexibility index (Phi) is 8.62. The van der Waals surface area contributed by atoms with Gasteiger partial charge in [-0.25, -0.2) is 0 Å². The predicted octanol–water partition coefficient (Wildman–Crippen LogP) is 5.23. The number of aliphatic hydroxyl groups excluding tert-OH is 1. The number of allylic oxidation sites excluding steroid dienone is 1. The van der Waals surface area contributed by atoms with E-state index in [9.17, 15) is 5.26 Å². The molecule has 0 saturated heterocycles. The first kappa shape index (κ1) is 21.7. The fourth-order valence-electron chi connectivity index (χ4n) is 3.34. The normalized spacial score (nSPS) is 13.0. The lowest BCUT2D eigenvalue weighted by molar-refractivity contribution is 0.171. The van der Waals surface area contributed by atoms with Gasteiger partial charge in [-0.3, -0.25) is 0 Å². The molecular weight excluding hydrogens is 378 g/mol. The molecule has 0 radical (unpaired) electrons. The van der Waals surface area contributed by atoms with Crippen LogP contribution in [0.1, 0.15) is 49.7 Å². The summed E-state index contributed by atoms with van der Waals surface area (Å²) < 4.78 is 17.0. The van der Waals surface area contributed by atoms with E-state index in [2.05, 4.69) is 6.07 Å². The molecule has 0 spiro atoms. The molecule has 5 heteroatoms.